The molecule has 1 heterocycles. The highest BCUT2D eigenvalue weighted by Gasteiger charge is 2.32. The van der Waals surface area contributed by atoms with Gasteiger partial charge in [-0.25, -0.2) is 4.98 Å². The fraction of sp³-hybridized carbons (Fsp3) is 0.286. The zero-order valence-corrected chi connectivity index (χ0v) is 7.70. The van der Waals surface area contributed by atoms with Crippen LogP contribution in [-0.4, -0.2) is 4.98 Å². The second-order valence-electron chi connectivity index (χ2n) is 2.32. The second kappa shape index (κ2) is 3.05. The molecule has 1 nitrogen and oxygen atoms in total. The third-order valence-electron chi connectivity index (χ3n) is 1.38. The Morgan fingerprint density at radius 3 is 2.42 bits per heavy atom. The van der Waals surface area contributed by atoms with E-state index in [9.17, 15) is 13.2 Å². The largest absolute Gasteiger partial charge is 0.418 e. The van der Waals surface area contributed by atoms with Crippen molar-refractivity contribution in [2.75, 3.05) is 0 Å². The quantitative estimate of drug-likeness (QED) is 0.634. The van der Waals surface area contributed by atoms with Crippen molar-refractivity contribution in [1.82, 2.24) is 4.98 Å². The van der Waals surface area contributed by atoms with Crippen molar-refractivity contribution in [3.63, 3.8) is 0 Å². The molecule has 0 N–H and O–H groups in total. The van der Waals surface area contributed by atoms with Gasteiger partial charge in [-0.15, -0.1) is 0 Å². The van der Waals surface area contributed by atoms with E-state index in [0.717, 1.165) is 6.20 Å². The molecule has 66 valence electrons. The molecule has 1 rings (SSSR count). The van der Waals surface area contributed by atoms with E-state index in [1.165, 1.54) is 13.0 Å². The summed E-state index contributed by atoms with van der Waals surface area (Å²) in [4.78, 5) is 3.50. The van der Waals surface area contributed by atoms with Gasteiger partial charge in [0.25, 0.3) is 0 Å². The van der Waals surface area contributed by atoms with E-state index in [4.69, 9.17) is 0 Å². The molecule has 0 aromatic carbocycles. The van der Waals surface area contributed by atoms with Crippen LogP contribution < -0.4 is 0 Å². The SMILES string of the molecule is Cc1cc(Br)ncc1C(F)(F)F. The Morgan fingerprint density at radius 1 is 1.42 bits per heavy atom. The lowest BCUT2D eigenvalue weighted by molar-refractivity contribution is -0.138. The maximum absolute atomic E-state index is 12.1. The molecule has 5 heteroatoms. The molecule has 0 aliphatic carbocycles. The minimum atomic E-state index is -4.31. The molecule has 12 heavy (non-hydrogen) atoms. The van der Waals surface area contributed by atoms with Gasteiger partial charge in [-0.1, -0.05) is 0 Å². The molecule has 0 bridgehead atoms. The summed E-state index contributed by atoms with van der Waals surface area (Å²) >= 11 is 2.98. The maximum atomic E-state index is 12.1. The number of pyridine rings is 1. The van der Waals surface area contributed by atoms with Crippen molar-refractivity contribution in [2.24, 2.45) is 0 Å². The van der Waals surface area contributed by atoms with Crippen LogP contribution in [0, 0.1) is 6.92 Å². The average Bonchev–Trinajstić information content (AvgIpc) is 1.83. The predicted octanol–water partition coefficient (Wildman–Crippen LogP) is 3.17. The smallest absolute Gasteiger partial charge is 0.249 e. The van der Waals surface area contributed by atoms with Crippen LogP contribution in [0.25, 0.3) is 0 Å². The van der Waals surface area contributed by atoms with E-state index in [0.29, 0.717) is 4.60 Å². The first-order chi connectivity index (χ1) is 5.41. The van der Waals surface area contributed by atoms with Crippen molar-refractivity contribution in [3.8, 4) is 0 Å². The number of aryl methyl sites for hydroxylation is 1. The average molecular weight is 240 g/mol. The van der Waals surface area contributed by atoms with Gasteiger partial charge in [-0.2, -0.15) is 13.2 Å². The van der Waals surface area contributed by atoms with Gasteiger partial charge in [0, 0.05) is 6.20 Å². The minimum Gasteiger partial charge on any atom is -0.249 e. The summed E-state index contributed by atoms with van der Waals surface area (Å²) in [7, 11) is 0. The molecule has 1 aromatic heterocycles. The standard InChI is InChI=1S/C7H5BrF3N/c1-4-2-6(8)12-3-5(4)7(9,10)11/h2-3H,1H3. The highest BCUT2D eigenvalue weighted by Crippen LogP contribution is 2.31. The number of hydrogen-bond donors (Lipinski definition) is 0. The van der Waals surface area contributed by atoms with Crippen molar-refractivity contribution in [1.29, 1.82) is 0 Å². The molecule has 0 saturated heterocycles. The summed E-state index contributed by atoms with van der Waals surface area (Å²) in [6.45, 7) is 1.40. The summed E-state index contributed by atoms with van der Waals surface area (Å²) in [5, 5.41) is 0. The number of alkyl halides is 3. The van der Waals surface area contributed by atoms with Crippen LogP contribution in [0.3, 0.4) is 0 Å². The third-order valence-corrected chi connectivity index (χ3v) is 1.82. The van der Waals surface area contributed by atoms with Gasteiger partial charge in [0.2, 0.25) is 0 Å². The molecular formula is C7H5BrF3N. The van der Waals surface area contributed by atoms with Crippen LogP contribution in [0.1, 0.15) is 11.1 Å². The normalized spacial score (nSPS) is 11.8. The Bertz CT molecular complexity index is 295. The monoisotopic (exact) mass is 239 g/mol. The lowest BCUT2D eigenvalue weighted by Crippen LogP contribution is -2.07. The zero-order chi connectivity index (χ0) is 9.35. The highest BCUT2D eigenvalue weighted by atomic mass is 79.9. The van der Waals surface area contributed by atoms with E-state index < -0.39 is 11.7 Å². The van der Waals surface area contributed by atoms with E-state index in [1.807, 2.05) is 0 Å². The molecule has 0 spiro atoms. The van der Waals surface area contributed by atoms with Gasteiger partial charge in [-0.05, 0) is 34.5 Å². The summed E-state index contributed by atoms with van der Waals surface area (Å²) in [5.74, 6) is 0. The van der Waals surface area contributed by atoms with Crippen LogP contribution in [0.4, 0.5) is 13.2 Å². The molecule has 0 aliphatic heterocycles. The number of rotatable bonds is 0. The van der Waals surface area contributed by atoms with Gasteiger partial charge >= 0.3 is 6.18 Å². The summed E-state index contributed by atoms with van der Waals surface area (Å²) in [6, 6.07) is 1.34. The van der Waals surface area contributed by atoms with Gasteiger partial charge in [0.15, 0.2) is 0 Å². The fourth-order valence-corrected chi connectivity index (χ4v) is 1.26. The topological polar surface area (TPSA) is 12.9 Å². The number of hydrogen-bond acceptors (Lipinski definition) is 1. The van der Waals surface area contributed by atoms with Crippen molar-refractivity contribution < 1.29 is 13.2 Å². The molecule has 0 radical (unpaired) electrons. The Kier molecular flexibility index (Phi) is 2.41. The molecule has 0 aliphatic rings. The second-order valence-corrected chi connectivity index (χ2v) is 3.13. The van der Waals surface area contributed by atoms with Gasteiger partial charge in [-0.3, -0.25) is 0 Å². The molecule has 0 amide bonds. The Hall–Kier alpha value is -0.580. The summed E-state index contributed by atoms with van der Waals surface area (Å²) in [6.07, 6.45) is -3.49. The first-order valence-electron chi connectivity index (χ1n) is 3.10. The number of aromatic nitrogens is 1. The lowest BCUT2D eigenvalue weighted by Gasteiger charge is -2.08. The van der Waals surface area contributed by atoms with E-state index in [-0.39, 0.29) is 5.56 Å². The van der Waals surface area contributed by atoms with Crippen molar-refractivity contribution in [3.05, 3.63) is 28.0 Å². The van der Waals surface area contributed by atoms with E-state index in [2.05, 4.69) is 20.9 Å². The number of nitrogens with zero attached hydrogens (tertiary/aromatic N) is 1. The molecule has 0 fully saturated rings. The Balaban J connectivity index is 3.19. The third kappa shape index (κ3) is 1.97. The van der Waals surface area contributed by atoms with Crippen LogP contribution in [-0.2, 0) is 6.18 Å². The van der Waals surface area contributed by atoms with E-state index >= 15 is 0 Å². The molecule has 0 unspecified atom stereocenters. The van der Waals surface area contributed by atoms with Gasteiger partial charge in [0.1, 0.15) is 4.60 Å². The summed E-state index contributed by atoms with van der Waals surface area (Å²) in [5.41, 5.74) is -0.518. The first kappa shape index (κ1) is 9.51. The number of halogens is 4. The molecule has 1 aromatic rings. The van der Waals surface area contributed by atoms with Crippen LogP contribution in [0.2, 0.25) is 0 Å². The molecular weight excluding hydrogens is 235 g/mol. The van der Waals surface area contributed by atoms with Crippen LogP contribution in [0.15, 0.2) is 16.9 Å². The maximum Gasteiger partial charge on any atom is 0.418 e. The highest BCUT2D eigenvalue weighted by molar-refractivity contribution is 9.10. The Labute approximate surface area is 75.7 Å². The molecule has 0 atom stereocenters. The zero-order valence-electron chi connectivity index (χ0n) is 6.11. The van der Waals surface area contributed by atoms with Gasteiger partial charge in [0.05, 0.1) is 5.56 Å². The van der Waals surface area contributed by atoms with Crippen molar-refractivity contribution >= 4 is 15.9 Å². The molecule has 0 saturated carbocycles. The fourth-order valence-electron chi connectivity index (χ4n) is 0.818. The lowest BCUT2D eigenvalue weighted by atomic mass is 10.1. The van der Waals surface area contributed by atoms with Crippen molar-refractivity contribution in [2.45, 2.75) is 13.1 Å². The van der Waals surface area contributed by atoms with Crippen LogP contribution >= 0.6 is 15.9 Å². The summed E-state index contributed by atoms with van der Waals surface area (Å²) < 4.78 is 36.8. The van der Waals surface area contributed by atoms with Gasteiger partial charge < -0.3 is 0 Å². The Morgan fingerprint density at radius 2 is 2.00 bits per heavy atom. The predicted molar refractivity (Wildman–Crippen MR) is 41.7 cm³/mol. The minimum absolute atomic E-state index is 0.171. The van der Waals surface area contributed by atoms with Crippen LogP contribution in [0.5, 0.6) is 0 Å². The van der Waals surface area contributed by atoms with E-state index in [1.54, 1.807) is 0 Å². The first-order valence-corrected chi connectivity index (χ1v) is 3.90.